The third-order valence-electron chi connectivity index (χ3n) is 3.29. The minimum Gasteiger partial charge on any atom is -0.330 e. The van der Waals surface area contributed by atoms with Gasteiger partial charge in [-0.25, -0.2) is 8.78 Å². The summed E-state index contributed by atoms with van der Waals surface area (Å²) in [6.45, 7) is 0.434. The highest BCUT2D eigenvalue weighted by Gasteiger charge is 2.12. The zero-order valence-electron chi connectivity index (χ0n) is 11.0. The van der Waals surface area contributed by atoms with Crippen LogP contribution in [0.2, 0.25) is 5.02 Å². The van der Waals surface area contributed by atoms with Crippen LogP contribution in [-0.2, 0) is 12.8 Å². The van der Waals surface area contributed by atoms with E-state index < -0.39 is 0 Å². The molecule has 0 aliphatic rings. The second-order valence-corrected chi connectivity index (χ2v) is 5.31. The monoisotopic (exact) mass is 295 g/mol. The number of benzene rings is 2. The van der Waals surface area contributed by atoms with E-state index in [1.54, 1.807) is 18.2 Å². The summed E-state index contributed by atoms with van der Waals surface area (Å²) in [5.41, 5.74) is 7.31. The Hall–Kier alpha value is -1.45. The van der Waals surface area contributed by atoms with E-state index in [1.807, 2.05) is 0 Å². The lowest BCUT2D eigenvalue weighted by Gasteiger charge is -2.15. The number of nitrogens with two attached hydrogens (primary N) is 1. The molecule has 1 nitrogen and oxygen atoms in total. The highest BCUT2D eigenvalue weighted by Crippen LogP contribution is 2.20. The van der Waals surface area contributed by atoms with Gasteiger partial charge in [0.05, 0.1) is 0 Å². The maximum atomic E-state index is 13.7. The van der Waals surface area contributed by atoms with Gasteiger partial charge >= 0.3 is 0 Å². The second-order valence-electron chi connectivity index (χ2n) is 4.87. The quantitative estimate of drug-likeness (QED) is 0.887. The fourth-order valence-electron chi connectivity index (χ4n) is 2.20. The Labute approximate surface area is 122 Å². The first kappa shape index (κ1) is 14.9. The van der Waals surface area contributed by atoms with Gasteiger partial charge in [0.25, 0.3) is 0 Å². The molecule has 2 aromatic rings. The molecule has 2 aromatic carbocycles. The fourth-order valence-corrected chi connectivity index (χ4v) is 2.40. The van der Waals surface area contributed by atoms with E-state index >= 15 is 0 Å². The molecular formula is C16H16ClF2N. The predicted octanol–water partition coefficient (Wildman–Crippen LogP) is 3.98. The Morgan fingerprint density at radius 1 is 1.00 bits per heavy atom. The van der Waals surface area contributed by atoms with Crippen molar-refractivity contribution in [1.29, 1.82) is 0 Å². The van der Waals surface area contributed by atoms with Crippen molar-refractivity contribution in [3.63, 3.8) is 0 Å². The summed E-state index contributed by atoms with van der Waals surface area (Å²) < 4.78 is 26.6. The van der Waals surface area contributed by atoms with Gasteiger partial charge in [0.1, 0.15) is 11.6 Å². The van der Waals surface area contributed by atoms with Crippen LogP contribution in [0, 0.1) is 17.6 Å². The molecule has 0 fully saturated rings. The average Bonchev–Trinajstić information content (AvgIpc) is 2.44. The number of hydrogen-bond donors (Lipinski definition) is 1. The smallest absolute Gasteiger partial charge is 0.126 e. The normalized spacial score (nSPS) is 12.4. The minimum atomic E-state index is -0.271. The summed E-state index contributed by atoms with van der Waals surface area (Å²) in [6, 6.07) is 10.8. The highest BCUT2D eigenvalue weighted by atomic mass is 35.5. The van der Waals surface area contributed by atoms with Crippen molar-refractivity contribution in [2.24, 2.45) is 11.7 Å². The van der Waals surface area contributed by atoms with Crippen LogP contribution in [0.5, 0.6) is 0 Å². The molecule has 0 saturated carbocycles. The molecule has 0 spiro atoms. The Bertz CT molecular complexity index is 569. The van der Waals surface area contributed by atoms with Crippen LogP contribution < -0.4 is 5.73 Å². The summed E-state index contributed by atoms with van der Waals surface area (Å²) in [5.74, 6) is -0.445. The molecule has 20 heavy (non-hydrogen) atoms. The number of halogens is 3. The summed E-state index contributed by atoms with van der Waals surface area (Å²) in [6.07, 6.45) is 1.20. The van der Waals surface area contributed by atoms with Gasteiger partial charge in [0.15, 0.2) is 0 Å². The molecule has 106 valence electrons. The maximum Gasteiger partial charge on any atom is 0.126 e. The molecule has 0 amide bonds. The SMILES string of the molecule is NCC(Cc1ccc(F)cc1)Cc1cc(Cl)ccc1F. The molecule has 2 N–H and O–H groups in total. The Balaban J connectivity index is 2.08. The lowest BCUT2D eigenvalue weighted by atomic mass is 9.92. The fraction of sp³-hybridized carbons (Fsp3) is 0.250. The van der Waals surface area contributed by atoms with E-state index in [2.05, 4.69) is 0 Å². The van der Waals surface area contributed by atoms with Gasteiger partial charge in [-0.15, -0.1) is 0 Å². The molecule has 0 aliphatic heterocycles. The predicted molar refractivity (Wildman–Crippen MR) is 77.8 cm³/mol. The topological polar surface area (TPSA) is 26.0 Å². The molecule has 0 radical (unpaired) electrons. The van der Waals surface area contributed by atoms with E-state index in [0.717, 1.165) is 5.56 Å². The summed E-state index contributed by atoms with van der Waals surface area (Å²) >= 11 is 5.88. The second kappa shape index (κ2) is 6.82. The summed E-state index contributed by atoms with van der Waals surface area (Å²) in [7, 11) is 0. The molecule has 0 saturated heterocycles. The van der Waals surface area contributed by atoms with Gasteiger partial charge in [-0.05, 0) is 66.8 Å². The zero-order chi connectivity index (χ0) is 14.5. The Kier molecular flexibility index (Phi) is 5.10. The van der Waals surface area contributed by atoms with Crippen LogP contribution in [0.25, 0.3) is 0 Å². The lowest BCUT2D eigenvalue weighted by molar-refractivity contribution is 0.511. The van der Waals surface area contributed by atoms with Crippen molar-refractivity contribution in [2.45, 2.75) is 12.8 Å². The van der Waals surface area contributed by atoms with Crippen molar-refractivity contribution < 1.29 is 8.78 Å². The van der Waals surface area contributed by atoms with Gasteiger partial charge in [-0.3, -0.25) is 0 Å². The summed E-state index contributed by atoms with van der Waals surface area (Å²) in [4.78, 5) is 0. The summed E-state index contributed by atoms with van der Waals surface area (Å²) in [5, 5.41) is 0.513. The number of hydrogen-bond acceptors (Lipinski definition) is 1. The van der Waals surface area contributed by atoms with Crippen LogP contribution in [-0.4, -0.2) is 6.54 Å². The van der Waals surface area contributed by atoms with E-state index in [0.29, 0.717) is 30.0 Å². The van der Waals surface area contributed by atoms with Gasteiger partial charge in [-0.1, -0.05) is 23.7 Å². The molecule has 1 unspecified atom stereocenters. The molecule has 0 heterocycles. The average molecular weight is 296 g/mol. The van der Waals surface area contributed by atoms with Crippen molar-refractivity contribution >= 4 is 11.6 Å². The van der Waals surface area contributed by atoms with Gasteiger partial charge in [-0.2, -0.15) is 0 Å². The van der Waals surface area contributed by atoms with Crippen LogP contribution in [0.15, 0.2) is 42.5 Å². The van der Waals surface area contributed by atoms with E-state index in [-0.39, 0.29) is 17.6 Å². The van der Waals surface area contributed by atoms with Crippen molar-refractivity contribution in [3.05, 3.63) is 70.2 Å². The number of rotatable bonds is 5. The minimum absolute atomic E-state index is 0.0911. The first-order chi connectivity index (χ1) is 9.58. The van der Waals surface area contributed by atoms with Crippen LogP contribution >= 0.6 is 11.6 Å². The molecule has 2 rings (SSSR count). The van der Waals surface area contributed by atoms with Crippen molar-refractivity contribution in [2.75, 3.05) is 6.54 Å². The van der Waals surface area contributed by atoms with E-state index in [4.69, 9.17) is 17.3 Å². The van der Waals surface area contributed by atoms with Crippen LogP contribution in [0.4, 0.5) is 8.78 Å². The molecule has 0 aromatic heterocycles. The maximum absolute atomic E-state index is 13.7. The van der Waals surface area contributed by atoms with Crippen molar-refractivity contribution in [1.82, 2.24) is 0 Å². The molecule has 4 heteroatoms. The standard InChI is InChI=1S/C16H16ClF2N/c17-14-3-6-16(19)13(9-14)8-12(10-20)7-11-1-4-15(18)5-2-11/h1-6,9,12H,7-8,10,20H2. The third kappa shape index (κ3) is 4.02. The largest absolute Gasteiger partial charge is 0.330 e. The van der Waals surface area contributed by atoms with E-state index in [9.17, 15) is 8.78 Å². The molecule has 0 aliphatic carbocycles. The van der Waals surface area contributed by atoms with Gasteiger partial charge in [0, 0.05) is 5.02 Å². The Morgan fingerprint density at radius 3 is 2.35 bits per heavy atom. The molecular weight excluding hydrogens is 280 g/mol. The molecule has 1 atom stereocenters. The van der Waals surface area contributed by atoms with Gasteiger partial charge in [0.2, 0.25) is 0 Å². The van der Waals surface area contributed by atoms with Gasteiger partial charge < -0.3 is 5.73 Å². The van der Waals surface area contributed by atoms with Crippen LogP contribution in [0.1, 0.15) is 11.1 Å². The first-order valence-corrected chi connectivity index (χ1v) is 6.84. The highest BCUT2D eigenvalue weighted by molar-refractivity contribution is 6.30. The first-order valence-electron chi connectivity index (χ1n) is 6.47. The third-order valence-corrected chi connectivity index (χ3v) is 3.52. The van der Waals surface area contributed by atoms with Crippen LogP contribution in [0.3, 0.4) is 0 Å². The lowest BCUT2D eigenvalue weighted by Crippen LogP contribution is -2.20. The zero-order valence-corrected chi connectivity index (χ0v) is 11.7. The van der Waals surface area contributed by atoms with Crippen molar-refractivity contribution in [3.8, 4) is 0 Å². The molecule has 0 bridgehead atoms. The van der Waals surface area contributed by atoms with E-state index in [1.165, 1.54) is 24.3 Å². The Morgan fingerprint density at radius 2 is 1.70 bits per heavy atom.